The van der Waals surface area contributed by atoms with Gasteiger partial charge in [0.2, 0.25) is 0 Å². The zero-order valence-electron chi connectivity index (χ0n) is 7.60. The van der Waals surface area contributed by atoms with Gasteiger partial charge in [-0.3, -0.25) is 4.79 Å². The number of nitrogens with zero attached hydrogens (tertiary/aromatic N) is 2. The summed E-state index contributed by atoms with van der Waals surface area (Å²) >= 11 is 0. The number of carbonyl (C=O) groups is 1. The van der Waals surface area contributed by atoms with Crippen LogP contribution in [0.15, 0.2) is 29.0 Å². The molecule has 0 radical (unpaired) electrons. The standard InChI is InChI=1S/C10H8N2O2/c1-7-8(6-13)5-11-10(12-7)9-3-2-4-14-9/h2-6H,1H3. The molecule has 0 aromatic carbocycles. The van der Waals surface area contributed by atoms with Crippen molar-refractivity contribution < 1.29 is 9.21 Å². The van der Waals surface area contributed by atoms with Crippen LogP contribution in [0.2, 0.25) is 0 Å². The molecule has 0 aliphatic heterocycles. The van der Waals surface area contributed by atoms with Crippen LogP contribution < -0.4 is 0 Å². The van der Waals surface area contributed by atoms with Gasteiger partial charge >= 0.3 is 0 Å². The van der Waals surface area contributed by atoms with E-state index < -0.39 is 0 Å². The number of carbonyl (C=O) groups excluding carboxylic acids is 1. The molecule has 0 bridgehead atoms. The molecule has 0 unspecified atom stereocenters. The van der Waals surface area contributed by atoms with E-state index in [1.165, 1.54) is 6.20 Å². The molecule has 0 spiro atoms. The normalized spacial score (nSPS) is 10.1. The Hall–Kier alpha value is -1.97. The van der Waals surface area contributed by atoms with E-state index in [2.05, 4.69) is 9.97 Å². The van der Waals surface area contributed by atoms with E-state index in [0.717, 1.165) is 6.29 Å². The Labute approximate surface area is 80.6 Å². The fourth-order valence-electron chi connectivity index (χ4n) is 1.12. The van der Waals surface area contributed by atoms with Crippen LogP contribution in [0.1, 0.15) is 16.1 Å². The highest BCUT2D eigenvalue weighted by atomic mass is 16.3. The zero-order chi connectivity index (χ0) is 9.97. The number of hydrogen-bond acceptors (Lipinski definition) is 4. The molecule has 0 aliphatic carbocycles. The van der Waals surface area contributed by atoms with Gasteiger partial charge < -0.3 is 4.42 Å². The molecule has 0 saturated heterocycles. The van der Waals surface area contributed by atoms with Gasteiger partial charge in [-0.1, -0.05) is 0 Å². The summed E-state index contributed by atoms with van der Waals surface area (Å²) in [6, 6.07) is 3.54. The number of furan rings is 1. The fraction of sp³-hybridized carbons (Fsp3) is 0.100. The lowest BCUT2D eigenvalue weighted by atomic mass is 10.2. The van der Waals surface area contributed by atoms with E-state index >= 15 is 0 Å². The number of aryl methyl sites for hydroxylation is 1. The predicted molar refractivity (Wildman–Crippen MR) is 49.9 cm³/mol. The topological polar surface area (TPSA) is 56.0 Å². The van der Waals surface area contributed by atoms with Gasteiger partial charge in [-0.2, -0.15) is 0 Å². The van der Waals surface area contributed by atoms with Crippen LogP contribution in [0.5, 0.6) is 0 Å². The molecule has 70 valence electrons. The fourth-order valence-corrected chi connectivity index (χ4v) is 1.12. The molecule has 0 atom stereocenters. The van der Waals surface area contributed by atoms with Crippen molar-refractivity contribution in [1.82, 2.24) is 9.97 Å². The highest BCUT2D eigenvalue weighted by molar-refractivity contribution is 5.76. The highest BCUT2D eigenvalue weighted by Crippen LogP contribution is 2.15. The Morgan fingerprint density at radius 2 is 2.36 bits per heavy atom. The lowest BCUT2D eigenvalue weighted by Crippen LogP contribution is -1.95. The Bertz CT molecular complexity index is 449. The van der Waals surface area contributed by atoms with E-state index in [4.69, 9.17) is 4.42 Å². The minimum Gasteiger partial charge on any atom is -0.461 e. The second kappa shape index (κ2) is 3.41. The van der Waals surface area contributed by atoms with Crippen molar-refractivity contribution in [3.8, 4) is 11.6 Å². The summed E-state index contributed by atoms with van der Waals surface area (Å²) < 4.78 is 5.13. The van der Waals surface area contributed by atoms with Crippen molar-refractivity contribution in [3.05, 3.63) is 35.9 Å². The predicted octanol–water partition coefficient (Wildman–Crippen LogP) is 1.86. The Balaban J connectivity index is 2.48. The van der Waals surface area contributed by atoms with Gasteiger partial charge in [-0.25, -0.2) is 9.97 Å². The maximum Gasteiger partial charge on any atom is 0.195 e. The van der Waals surface area contributed by atoms with Gasteiger partial charge in [-0.15, -0.1) is 0 Å². The Kier molecular flexibility index (Phi) is 2.10. The number of hydrogen-bond donors (Lipinski definition) is 0. The van der Waals surface area contributed by atoms with Gasteiger partial charge in [0.1, 0.15) is 0 Å². The lowest BCUT2D eigenvalue weighted by molar-refractivity contribution is 0.112. The molecule has 0 aliphatic rings. The van der Waals surface area contributed by atoms with Gasteiger partial charge in [-0.05, 0) is 19.1 Å². The first kappa shape index (κ1) is 8.62. The van der Waals surface area contributed by atoms with Gasteiger partial charge in [0.15, 0.2) is 17.9 Å². The summed E-state index contributed by atoms with van der Waals surface area (Å²) in [5.41, 5.74) is 1.15. The summed E-state index contributed by atoms with van der Waals surface area (Å²) in [5, 5.41) is 0. The zero-order valence-corrected chi connectivity index (χ0v) is 7.60. The molecule has 0 fully saturated rings. The van der Waals surface area contributed by atoms with E-state index in [9.17, 15) is 4.79 Å². The van der Waals surface area contributed by atoms with Crippen molar-refractivity contribution in [2.24, 2.45) is 0 Å². The first-order valence-electron chi connectivity index (χ1n) is 4.14. The maximum atomic E-state index is 10.5. The van der Waals surface area contributed by atoms with E-state index in [0.29, 0.717) is 22.8 Å². The van der Waals surface area contributed by atoms with Crippen LogP contribution >= 0.6 is 0 Å². The van der Waals surface area contributed by atoms with E-state index in [-0.39, 0.29) is 0 Å². The average molecular weight is 188 g/mol. The monoisotopic (exact) mass is 188 g/mol. The van der Waals surface area contributed by atoms with Crippen molar-refractivity contribution >= 4 is 6.29 Å². The molecule has 2 rings (SSSR count). The molecule has 4 nitrogen and oxygen atoms in total. The minimum atomic E-state index is 0.498. The summed E-state index contributed by atoms with van der Waals surface area (Å²) in [6.45, 7) is 1.76. The summed E-state index contributed by atoms with van der Waals surface area (Å²) in [6.07, 6.45) is 3.79. The third-order valence-electron chi connectivity index (χ3n) is 1.89. The van der Waals surface area contributed by atoms with E-state index in [1.807, 2.05) is 0 Å². The Morgan fingerprint density at radius 1 is 1.50 bits per heavy atom. The third-order valence-corrected chi connectivity index (χ3v) is 1.89. The first-order valence-corrected chi connectivity index (χ1v) is 4.14. The number of aromatic nitrogens is 2. The van der Waals surface area contributed by atoms with Crippen LogP contribution in [0.25, 0.3) is 11.6 Å². The SMILES string of the molecule is Cc1nc(-c2ccco2)ncc1C=O. The van der Waals surface area contributed by atoms with E-state index in [1.54, 1.807) is 25.3 Å². The second-order valence-electron chi connectivity index (χ2n) is 2.83. The van der Waals surface area contributed by atoms with Crippen molar-refractivity contribution in [2.45, 2.75) is 6.92 Å². The molecule has 0 amide bonds. The van der Waals surface area contributed by atoms with Gasteiger partial charge in [0.05, 0.1) is 17.5 Å². The summed E-state index contributed by atoms with van der Waals surface area (Å²) in [4.78, 5) is 18.7. The lowest BCUT2D eigenvalue weighted by Gasteiger charge is -1.98. The van der Waals surface area contributed by atoms with Gasteiger partial charge in [0.25, 0.3) is 0 Å². The highest BCUT2D eigenvalue weighted by Gasteiger charge is 2.06. The van der Waals surface area contributed by atoms with Crippen LogP contribution in [0, 0.1) is 6.92 Å². The third kappa shape index (κ3) is 1.42. The molecule has 4 heteroatoms. The average Bonchev–Trinajstić information content (AvgIpc) is 2.70. The van der Waals surface area contributed by atoms with Crippen molar-refractivity contribution in [3.63, 3.8) is 0 Å². The molecular formula is C10H8N2O2. The molecule has 14 heavy (non-hydrogen) atoms. The second-order valence-corrected chi connectivity index (χ2v) is 2.83. The molecule has 2 heterocycles. The molecule has 2 aromatic heterocycles. The van der Waals surface area contributed by atoms with Crippen molar-refractivity contribution in [1.29, 1.82) is 0 Å². The van der Waals surface area contributed by atoms with Crippen molar-refractivity contribution in [2.75, 3.05) is 0 Å². The quantitative estimate of drug-likeness (QED) is 0.675. The maximum absolute atomic E-state index is 10.5. The van der Waals surface area contributed by atoms with Crippen LogP contribution in [0.4, 0.5) is 0 Å². The van der Waals surface area contributed by atoms with Crippen LogP contribution in [-0.4, -0.2) is 16.3 Å². The molecule has 0 N–H and O–H groups in total. The minimum absolute atomic E-state index is 0.498. The van der Waals surface area contributed by atoms with Crippen LogP contribution in [0.3, 0.4) is 0 Å². The number of rotatable bonds is 2. The Morgan fingerprint density at radius 3 is 2.93 bits per heavy atom. The first-order chi connectivity index (χ1) is 6.81. The molecule has 0 saturated carbocycles. The molecule has 2 aromatic rings. The largest absolute Gasteiger partial charge is 0.461 e. The summed E-state index contributed by atoms with van der Waals surface area (Å²) in [7, 11) is 0. The molecular weight excluding hydrogens is 180 g/mol. The van der Waals surface area contributed by atoms with Crippen LogP contribution in [-0.2, 0) is 0 Å². The number of aldehydes is 1. The summed E-state index contributed by atoms with van der Waals surface area (Å²) in [5.74, 6) is 1.10. The smallest absolute Gasteiger partial charge is 0.195 e. The van der Waals surface area contributed by atoms with Gasteiger partial charge in [0, 0.05) is 6.20 Å².